The molecule has 0 amide bonds. The Balaban J connectivity index is 1.32. The number of nitrogens with one attached hydrogen (secondary N) is 1. The first-order valence-electron chi connectivity index (χ1n) is 10.8. The summed E-state index contributed by atoms with van der Waals surface area (Å²) < 4.78 is 5.77. The molecule has 1 spiro atoms. The van der Waals surface area contributed by atoms with Crippen molar-refractivity contribution in [2.75, 3.05) is 43.1 Å². The summed E-state index contributed by atoms with van der Waals surface area (Å²) in [7, 11) is 0. The number of piperidine rings is 1. The minimum absolute atomic E-state index is 0.450. The summed E-state index contributed by atoms with van der Waals surface area (Å²) in [5.41, 5.74) is 2.80. The Morgan fingerprint density at radius 3 is 2.62 bits per heavy atom. The molecule has 0 aromatic carbocycles. The molecule has 3 heterocycles. The van der Waals surface area contributed by atoms with Crippen LogP contribution in [0.1, 0.15) is 63.5 Å². The molecule has 2 saturated heterocycles. The van der Waals surface area contributed by atoms with Crippen molar-refractivity contribution in [3.8, 4) is 0 Å². The molecule has 0 radical (unpaired) electrons. The fraction of sp³-hybridized carbons (Fsp3) is 0.773. The average molecular weight is 358 g/mol. The van der Waals surface area contributed by atoms with E-state index in [1.807, 2.05) is 0 Å². The monoisotopic (exact) mass is 357 g/mol. The Morgan fingerprint density at radius 2 is 1.92 bits per heavy atom. The molecule has 1 saturated carbocycles. The lowest BCUT2D eigenvalue weighted by Crippen LogP contribution is -2.44. The van der Waals surface area contributed by atoms with Crippen molar-refractivity contribution in [2.24, 2.45) is 11.3 Å². The van der Waals surface area contributed by atoms with Crippen LogP contribution >= 0.6 is 0 Å². The van der Waals surface area contributed by atoms with Crippen LogP contribution in [0.3, 0.4) is 0 Å². The summed E-state index contributed by atoms with van der Waals surface area (Å²) in [6, 6.07) is 4.46. The van der Waals surface area contributed by atoms with E-state index in [0.717, 1.165) is 50.3 Å². The van der Waals surface area contributed by atoms with Crippen LogP contribution in [-0.4, -0.2) is 37.8 Å². The van der Waals surface area contributed by atoms with Crippen molar-refractivity contribution in [2.45, 2.75) is 64.7 Å². The molecule has 0 bridgehead atoms. The summed E-state index contributed by atoms with van der Waals surface area (Å²) in [4.78, 5) is 7.40. The number of hydrogen-bond donors (Lipinski definition) is 1. The van der Waals surface area contributed by atoms with Gasteiger partial charge in [-0.15, -0.1) is 0 Å². The molecule has 4 nitrogen and oxygen atoms in total. The minimum Gasteiger partial charge on any atom is -0.383 e. The van der Waals surface area contributed by atoms with Gasteiger partial charge in [0, 0.05) is 26.2 Å². The van der Waals surface area contributed by atoms with Crippen molar-refractivity contribution in [1.29, 1.82) is 0 Å². The number of aryl methyl sites for hydroxylation is 1. The second-order valence-electron chi connectivity index (χ2n) is 8.83. The summed E-state index contributed by atoms with van der Waals surface area (Å²) in [5, 5.41) is 3.66. The van der Waals surface area contributed by atoms with Gasteiger partial charge in [0.15, 0.2) is 0 Å². The predicted molar refractivity (Wildman–Crippen MR) is 108 cm³/mol. The molecule has 4 heteroatoms. The number of rotatable bonds is 4. The van der Waals surface area contributed by atoms with Gasteiger partial charge in [0.25, 0.3) is 0 Å². The van der Waals surface area contributed by atoms with Crippen LogP contribution in [0, 0.1) is 18.3 Å². The molecule has 1 N–H and O–H groups in total. The topological polar surface area (TPSA) is 37.4 Å². The van der Waals surface area contributed by atoms with E-state index in [9.17, 15) is 0 Å². The second kappa shape index (κ2) is 8.16. The first-order chi connectivity index (χ1) is 12.7. The standard InChI is InChI=1S/C22H35N3O/c1-18-20(23-16-19-6-3-2-4-7-19)8-9-21(24-18)25-13-11-22(12-14-25)10-5-15-26-17-22/h8-9,19,23H,2-7,10-17H2,1H3. The van der Waals surface area contributed by atoms with Gasteiger partial charge in [-0.2, -0.15) is 0 Å². The van der Waals surface area contributed by atoms with Gasteiger partial charge in [-0.1, -0.05) is 19.3 Å². The first-order valence-corrected chi connectivity index (χ1v) is 10.8. The molecule has 144 valence electrons. The third-order valence-corrected chi connectivity index (χ3v) is 6.93. The van der Waals surface area contributed by atoms with Crippen molar-refractivity contribution < 1.29 is 4.74 Å². The van der Waals surface area contributed by atoms with E-state index in [0.29, 0.717) is 5.41 Å². The highest BCUT2D eigenvalue weighted by Gasteiger charge is 2.36. The number of hydrogen-bond acceptors (Lipinski definition) is 4. The van der Waals surface area contributed by atoms with Crippen molar-refractivity contribution in [3.63, 3.8) is 0 Å². The van der Waals surface area contributed by atoms with Gasteiger partial charge in [0.1, 0.15) is 5.82 Å². The van der Waals surface area contributed by atoms with E-state index in [4.69, 9.17) is 9.72 Å². The zero-order valence-electron chi connectivity index (χ0n) is 16.4. The molecule has 0 atom stereocenters. The van der Waals surface area contributed by atoms with Crippen LogP contribution < -0.4 is 10.2 Å². The molecular formula is C22H35N3O. The van der Waals surface area contributed by atoms with E-state index >= 15 is 0 Å². The Bertz CT molecular complexity index is 581. The van der Waals surface area contributed by atoms with Crippen LogP contribution in [0.2, 0.25) is 0 Å². The molecule has 1 aliphatic carbocycles. The molecule has 26 heavy (non-hydrogen) atoms. The minimum atomic E-state index is 0.450. The van der Waals surface area contributed by atoms with Gasteiger partial charge in [-0.3, -0.25) is 0 Å². The van der Waals surface area contributed by atoms with Crippen LogP contribution in [0.5, 0.6) is 0 Å². The summed E-state index contributed by atoms with van der Waals surface area (Å²) in [6.07, 6.45) is 12.1. The smallest absolute Gasteiger partial charge is 0.128 e. The molecule has 0 unspecified atom stereocenters. The largest absolute Gasteiger partial charge is 0.383 e. The van der Waals surface area contributed by atoms with Gasteiger partial charge in [-0.05, 0) is 68.9 Å². The van der Waals surface area contributed by atoms with E-state index in [1.165, 1.54) is 63.5 Å². The van der Waals surface area contributed by atoms with Gasteiger partial charge in [0.2, 0.25) is 0 Å². The maximum atomic E-state index is 5.77. The normalized spacial score (nSPS) is 24.0. The Morgan fingerprint density at radius 1 is 1.12 bits per heavy atom. The Kier molecular flexibility index (Phi) is 5.68. The third kappa shape index (κ3) is 4.16. The molecule has 3 fully saturated rings. The number of aromatic nitrogens is 1. The summed E-state index contributed by atoms with van der Waals surface area (Å²) in [5.74, 6) is 2.00. The zero-order chi connectivity index (χ0) is 17.8. The average Bonchev–Trinajstić information content (AvgIpc) is 2.69. The van der Waals surface area contributed by atoms with Gasteiger partial charge >= 0.3 is 0 Å². The SMILES string of the molecule is Cc1nc(N2CCC3(CCCOC3)CC2)ccc1NCC1CCCCC1. The Hall–Kier alpha value is -1.29. The molecule has 3 aliphatic rings. The van der Waals surface area contributed by atoms with Gasteiger partial charge in [0.05, 0.1) is 18.0 Å². The van der Waals surface area contributed by atoms with Crippen molar-refractivity contribution in [1.82, 2.24) is 4.98 Å². The van der Waals surface area contributed by atoms with Gasteiger partial charge in [-0.25, -0.2) is 4.98 Å². The molecule has 2 aliphatic heterocycles. The van der Waals surface area contributed by atoms with Crippen LogP contribution in [0.25, 0.3) is 0 Å². The number of ether oxygens (including phenoxy) is 1. The lowest BCUT2D eigenvalue weighted by Gasteiger charge is -2.44. The molecule has 1 aromatic heterocycles. The second-order valence-corrected chi connectivity index (χ2v) is 8.83. The van der Waals surface area contributed by atoms with Crippen LogP contribution in [0.4, 0.5) is 11.5 Å². The fourth-order valence-corrected chi connectivity index (χ4v) is 5.07. The Labute approximate surface area is 158 Å². The quantitative estimate of drug-likeness (QED) is 0.841. The maximum absolute atomic E-state index is 5.77. The van der Waals surface area contributed by atoms with Crippen molar-refractivity contribution >= 4 is 11.5 Å². The third-order valence-electron chi connectivity index (χ3n) is 6.93. The number of pyridine rings is 1. The van der Waals surface area contributed by atoms with Gasteiger partial charge < -0.3 is 15.0 Å². The lowest BCUT2D eigenvalue weighted by molar-refractivity contribution is -0.0210. The van der Waals surface area contributed by atoms with E-state index in [1.54, 1.807) is 0 Å². The summed E-state index contributed by atoms with van der Waals surface area (Å²) >= 11 is 0. The molecule has 4 rings (SSSR count). The number of nitrogens with zero attached hydrogens (tertiary/aromatic N) is 2. The number of anilines is 2. The highest BCUT2D eigenvalue weighted by molar-refractivity contribution is 5.53. The van der Waals surface area contributed by atoms with E-state index in [2.05, 4.69) is 29.3 Å². The summed E-state index contributed by atoms with van der Waals surface area (Å²) in [6.45, 7) is 7.41. The van der Waals surface area contributed by atoms with Crippen LogP contribution in [-0.2, 0) is 4.74 Å². The lowest BCUT2D eigenvalue weighted by atomic mass is 9.74. The maximum Gasteiger partial charge on any atom is 0.128 e. The molecular weight excluding hydrogens is 322 g/mol. The zero-order valence-corrected chi connectivity index (χ0v) is 16.4. The first kappa shape index (κ1) is 18.1. The van der Waals surface area contributed by atoms with E-state index in [-0.39, 0.29) is 0 Å². The van der Waals surface area contributed by atoms with Crippen molar-refractivity contribution in [3.05, 3.63) is 17.8 Å². The highest BCUT2D eigenvalue weighted by Crippen LogP contribution is 2.39. The van der Waals surface area contributed by atoms with E-state index < -0.39 is 0 Å². The molecule has 1 aromatic rings. The van der Waals surface area contributed by atoms with Crippen LogP contribution in [0.15, 0.2) is 12.1 Å². The highest BCUT2D eigenvalue weighted by atomic mass is 16.5. The fourth-order valence-electron chi connectivity index (χ4n) is 5.07. The predicted octanol–water partition coefficient (Wildman–Crippen LogP) is 4.78.